The van der Waals surface area contributed by atoms with Crippen LogP contribution in [0, 0.1) is 19.8 Å². The topological polar surface area (TPSA) is 21.3 Å². The molecule has 1 aromatic carbocycles. The van der Waals surface area contributed by atoms with Gasteiger partial charge in [0.15, 0.2) is 0 Å². The van der Waals surface area contributed by atoms with Crippen LogP contribution in [0.4, 0.5) is 0 Å². The van der Waals surface area contributed by atoms with Crippen LogP contribution in [-0.2, 0) is 0 Å². The normalized spacial score (nSPS) is 12.5. The van der Waals surface area contributed by atoms with Crippen molar-refractivity contribution in [2.24, 2.45) is 5.92 Å². The van der Waals surface area contributed by atoms with Crippen LogP contribution in [0.3, 0.4) is 0 Å². The highest BCUT2D eigenvalue weighted by Crippen LogP contribution is 2.16. The molecule has 90 valence electrons. The third-order valence-corrected chi connectivity index (χ3v) is 2.63. The van der Waals surface area contributed by atoms with Crippen molar-refractivity contribution in [1.82, 2.24) is 5.32 Å². The largest absolute Gasteiger partial charge is 0.494 e. The number of rotatable bonds is 6. The molecule has 2 heteroatoms. The number of nitrogens with one attached hydrogen (secondary N) is 1. The van der Waals surface area contributed by atoms with Gasteiger partial charge >= 0.3 is 0 Å². The molecule has 1 N–H and O–H groups in total. The van der Waals surface area contributed by atoms with E-state index in [1.165, 1.54) is 11.1 Å². The molecule has 0 heterocycles. The van der Waals surface area contributed by atoms with E-state index < -0.39 is 0 Å². The van der Waals surface area contributed by atoms with Crippen molar-refractivity contribution < 1.29 is 4.74 Å². The summed E-state index contributed by atoms with van der Waals surface area (Å²) in [7, 11) is 1.99. The Kier molecular flexibility index (Phi) is 5.33. The molecule has 2 nitrogen and oxygen atoms in total. The minimum atomic E-state index is 0.663. The smallest absolute Gasteiger partial charge is 0.119 e. The summed E-state index contributed by atoms with van der Waals surface area (Å²) in [5.74, 6) is 1.66. The summed E-state index contributed by atoms with van der Waals surface area (Å²) in [6.07, 6.45) is 1.09. The zero-order valence-electron chi connectivity index (χ0n) is 10.8. The second-order valence-electron chi connectivity index (χ2n) is 4.62. The molecule has 16 heavy (non-hydrogen) atoms. The minimum Gasteiger partial charge on any atom is -0.494 e. The fourth-order valence-corrected chi connectivity index (χ4v) is 1.84. The third kappa shape index (κ3) is 4.67. The van der Waals surface area contributed by atoms with Crippen molar-refractivity contribution in [3.63, 3.8) is 0 Å². The quantitative estimate of drug-likeness (QED) is 0.797. The molecule has 0 aromatic heterocycles. The van der Waals surface area contributed by atoms with Gasteiger partial charge in [0, 0.05) is 0 Å². The van der Waals surface area contributed by atoms with Crippen molar-refractivity contribution in [3.05, 3.63) is 29.3 Å². The van der Waals surface area contributed by atoms with Crippen LogP contribution in [0.1, 0.15) is 24.5 Å². The van der Waals surface area contributed by atoms with Crippen molar-refractivity contribution in [1.29, 1.82) is 0 Å². The van der Waals surface area contributed by atoms with Crippen LogP contribution < -0.4 is 10.1 Å². The van der Waals surface area contributed by atoms with Crippen molar-refractivity contribution in [2.45, 2.75) is 27.2 Å². The lowest BCUT2D eigenvalue weighted by Crippen LogP contribution is -2.18. The zero-order valence-corrected chi connectivity index (χ0v) is 10.8. The summed E-state index contributed by atoms with van der Waals surface area (Å²) < 4.78 is 5.76. The molecule has 0 bridgehead atoms. The third-order valence-electron chi connectivity index (χ3n) is 2.63. The average Bonchev–Trinajstić information content (AvgIpc) is 2.16. The van der Waals surface area contributed by atoms with Gasteiger partial charge in [-0.15, -0.1) is 0 Å². The highest BCUT2D eigenvalue weighted by molar-refractivity contribution is 5.32. The zero-order chi connectivity index (χ0) is 12.0. The summed E-state index contributed by atoms with van der Waals surface area (Å²) in [5, 5.41) is 3.18. The van der Waals surface area contributed by atoms with E-state index in [0.29, 0.717) is 5.92 Å². The molecule has 0 amide bonds. The van der Waals surface area contributed by atoms with E-state index in [1.54, 1.807) is 0 Å². The molecule has 0 aliphatic rings. The second kappa shape index (κ2) is 6.54. The van der Waals surface area contributed by atoms with Crippen LogP contribution in [0.5, 0.6) is 5.75 Å². The van der Waals surface area contributed by atoms with Gasteiger partial charge in [-0.3, -0.25) is 0 Å². The van der Waals surface area contributed by atoms with Gasteiger partial charge in [-0.2, -0.15) is 0 Å². The van der Waals surface area contributed by atoms with Gasteiger partial charge < -0.3 is 10.1 Å². The molecule has 1 rings (SSSR count). The van der Waals surface area contributed by atoms with Crippen molar-refractivity contribution in [3.8, 4) is 5.75 Å². The van der Waals surface area contributed by atoms with Crippen LogP contribution in [0.2, 0.25) is 0 Å². The lowest BCUT2D eigenvalue weighted by Gasteiger charge is -2.12. The van der Waals surface area contributed by atoms with Gasteiger partial charge in [-0.25, -0.2) is 0 Å². The Bertz CT molecular complexity index is 302. The van der Waals surface area contributed by atoms with E-state index in [1.807, 2.05) is 7.05 Å². The minimum absolute atomic E-state index is 0.663. The Hall–Kier alpha value is -1.02. The molecular weight excluding hydrogens is 198 g/mol. The molecule has 0 fully saturated rings. The van der Waals surface area contributed by atoms with Crippen molar-refractivity contribution >= 4 is 0 Å². The molecule has 0 aliphatic heterocycles. The number of benzene rings is 1. The van der Waals surface area contributed by atoms with Gasteiger partial charge in [0.1, 0.15) is 5.75 Å². The molecule has 0 radical (unpaired) electrons. The lowest BCUT2D eigenvalue weighted by atomic mass is 10.1. The SMILES string of the molecule is CNCC(C)CCOc1cc(C)cc(C)c1. The highest BCUT2D eigenvalue weighted by atomic mass is 16.5. The first-order valence-electron chi connectivity index (χ1n) is 5.97. The maximum atomic E-state index is 5.76. The van der Waals surface area contributed by atoms with E-state index >= 15 is 0 Å². The Balaban J connectivity index is 2.37. The van der Waals surface area contributed by atoms with Gasteiger partial charge in [0.05, 0.1) is 6.61 Å². The summed E-state index contributed by atoms with van der Waals surface area (Å²) in [6, 6.07) is 6.35. The maximum Gasteiger partial charge on any atom is 0.119 e. The molecule has 0 aliphatic carbocycles. The molecule has 0 saturated carbocycles. The van der Waals surface area contributed by atoms with Gasteiger partial charge in [0.25, 0.3) is 0 Å². The number of ether oxygens (including phenoxy) is 1. The number of aryl methyl sites for hydroxylation is 2. The van der Waals surface area contributed by atoms with E-state index in [9.17, 15) is 0 Å². The summed E-state index contributed by atoms with van der Waals surface area (Å²) >= 11 is 0. The first-order chi connectivity index (χ1) is 7.61. The summed E-state index contributed by atoms with van der Waals surface area (Å²) in [5.41, 5.74) is 2.52. The Morgan fingerprint density at radius 1 is 1.19 bits per heavy atom. The molecule has 1 aromatic rings. The number of hydrogen-bond donors (Lipinski definition) is 1. The average molecular weight is 221 g/mol. The lowest BCUT2D eigenvalue weighted by molar-refractivity contribution is 0.282. The second-order valence-corrected chi connectivity index (χ2v) is 4.62. The Morgan fingerprint density at radius 2 is 1.81 bits per heavy atom. The highest BCUT2D eigenvalue weighted by Gasteiger charge is 2.01. The van der Waals surface area contributed by atoms with Gasteiger partial charge in [-0.1, -0.05) is 13.0 Å². The predicted octanol–water partition coefficient (Wildman–Crippen LogP) is 2.93. The monoisotopic (exact) mass is 221 g/mol. The van der Waals surface area contributed by atoms with E-state index in [0.717, 1.165) is 25.3 Å². The van der Waals surface area contributed by atoms with E-state index in [-0.39, 0.29) is 0 Å². The van der Waals surface area contributed by atoms with Crippen LogP contribution in [-0.4, -0.2) is 20.2 Å². The first-order valence-corrected chi connectivity index (χ1v) is 5.97. The van der Waals surface area contributed by atoms with E-state index in [4.69, 9.17) is 4.74 Å². The molecule has 0 spiro atoms. The maximum absolute atomic E-state index is 5.76. The first kappa shape index (κ1) is 13.0. The van der Waals surface area contributed by atoms with Gasteiger partial charge in [-0.05, 0) is 63.0 Å². The van der Waals surface area contributed by atoms with Crippen molar-refractivity contribution in [2.75, 3.05) is 20.2 Å². The van der Waals surface area contributed by atoms with Crippen LogP contribution in [0.25, 0.3) is 0 Å². The fraction of sp³-hybridized carbons (Fsp3) is 0.571. The molecule has 1 unspecified atom stereocenters. The Morgan fingerprint density at radius 3 is 2.38 bits per heavy atom. The summed E-state index contributed by atoms with van der Waals surface area (Å²) in [4.78, 5) is 0. The van der Waals surface area contributed by atoms with Crippen LogP contribution in [0.15, 0.2) is 18.2 Å². The fourth-order valence-electron chi connectivity index (χ4n) is 1.84. The molecule has 0 saturated heterocycles. The van der Waals surface area contributed by atoms with E-state index in [2.05, 4.69) is 44.3 Å². The molecular formula is C14H23NO. The summed E-state index contributed by atoms with van der Waals surface area (Å²) in [6.45, 7) is 8.29. The predicted molar refractivity (Wildman–Crippen MR) is 69.1 cm³/mol. The number of hydrogen-bond acceptors (Lipinski definition) is 2. The standard InChI is InChI=1S/C14H23NO/c1-11(10-15-4)5-6-16-14-8-12(2)7-13(3)9-14/h7-9,11,15H,5-6,10H2,1-4H3. The van der Waals surface area contributed by atoms with Gasteiger partial charge in [0.2, 0.25) is 0 Å². The Labute approximate surface area is 99.0 Å². The molecule has 1 atom stereocenters. The van der Waals surface area contributed by atoms with Crippen LogP contribution >= 0.6 is 0 Å².